The van der Waals surface area contributed by atoms with Gasteiger partial charge in [-0.15, -0.1) is 0 Å². The van der Waals surface area contributed by atoms with Crippen LogP contribution in [0.25, 0.3) is 49.4 Å². The van der Waals surface area contributed by atoms with E-state index in [1.807, 2.05) is 0 Å². The molecule has 0 aliphatic carbocycles. The summed E-state index contributed by atoms with van der Waals surface area (Å²) in [5.74, 6) is 1.77. The number of nitrogens with zero attached hydrogens (tertiary/aromatic N) is 2. The van der Waals surface area contributed by atoms with Gasteiger partial charge in [0.15, 0.2) is 0 Å². The Morgan fingerprint density at radius 1 is 0.500 bits per heavy atom. The molecule has 0 bridgehead atoms. The molecule has 0 atom stereocenters. The van der Waals surface area contributed by atoms with E-state index in [-0.39, 0.29) is 0 Å². The van der Waals surface area contributed by atoms with Gasteiger partial charge in [-0.05, 0) is 97.4 Å². The Bertz CT molecular complexity index is 2460. The van der Waals surface area contributed by atoms with Crippen LogP contribution in [0.4, 0.5) is 17.1 Å². The van der Waals surface area contributed by atoms with E-state index < -0.39 is 0 Å². The fourth-order valence-corrected chi connectivity index (χ4v) is 7.58. The number of aromatic nitrogens is 1. The first-order chi connectivity index (χ1) is 22.5. The van der Waals surface area contributed by atoms with E-state index >= 15 is 0 Å². The number of para-hydroxylation sites is 2. The van der Waals surface area contributed by atoms with Gasteiger partial charge >= 0.3 is 0 Å². The van der Waals surface area contributed by atoms with Crippen molar-refractivity contribution in [2.45, 2.75) is 20.8 Å². The highest BCUT2D eigenvalue weighted by molar-refractivity contribution is 6.11. The summed E-state index contributed by atoms with van der Waals surface area (Å²) >= 11 is 0. The molecule has 46 heavy (non-hydrogen) atoms. The molecule has 0 unspecified atom stereocenters. The highest BCUT2D eigenvalue weighted by atomic mass is 16.5. The van der Waals surface area contributed by atoms with E-state index in [2.05, 4.69) is 170 Å². The van der Waals surface area contributed by atoms with Crippen molar-refractivity contribution in [1.82, 2.24) is 4.57 Å². The summed E-state index contributed by atoms with van der Waals surface area (Å²) in [5.41, 5.74) is 13.1. The first-order valence-corrected chi connectivity index (χ1v) is 15.9. The number of hydrogen-bond acceptors (Lipinski definition) is 2. The van der Waals surface area contributed by atoms with Crippen LogP contribution in [0.1, 0.15) is 16.7 Å². The third-order valence-corrected chi connectivity index (χ3v) is 9.39. The average molecular weight is 593 g/mol. The van der Waals surface area contributed by atoms with E-state index in [0.29, 0.717) is 0 Å². The Balaban J connectivity index is 1.25. The van der Waals surface area contributed by atoms with Crippen LogP contribution >= 0.6 is 0 Å². The molecule has 1 aliphatic heterocycles. The highest BCUT2D eigenvalue weighted by Gasteiger charge is 2.23. The maximum Gasteiger partial charge on any atom is 0.137 e. The molecule has 0 amide bonds. The van der Waals surface area contributed by atoms with Gasteiger partial charge in [0.05, 0.1) is 16.7 Å². The van der Waals surface area contributed by atoms with E-state index in [1.54, 1.807) is 0 Å². The summed E-state index contributed by atoms with van der Waals surface area (Å²) in [6.07, 6.45) is 0. The molecule has 0 N–H and O–H groups in total. The number of hydrogen-bond donors (Lipinski definition) is 0. The van der Waals surface area contributed by atoms with Crippen LogP contribution in [0.3, 0.4) is 0 Å². The number of ether oxygens (including phenoxy) is 1. The highest BCUT2D eigenvalue weighted by Crippen LogP contribution is 2.49. The molecular weight excluding hydrogens is 560 g/mol. The van der Waals surface area contributed by atoms with Crippen LogP contribution in [0, 0.1) is 20.8 Å². The molecule has 1 aliphatic rings. The van der Waals surface area contributed by atoms with Crippen molar-refractivity contribution in [2.24, 2.45) is 0 Å². The number of benzene rings is 7. The Labute approximate surface area is 268 Å². The molecule has 7 aromatic carbocycles. The largest absolute Gasteiger partial charge is 0.456 e. The molecule has 220 valence electrons. The minimum absolute atomic E-state index is 0.868. The zero-order valence-corrected chi connectivity index (χ0v) is 26.1. The second-order valence-corrected chi connectivity index (χ2v) is 12.4. The van der Waals surface area contributed by atoms with Gasteiger partial charge in [-0.25, -0.2) is 0 Å². The van der Waals surface area contributed by atoms with Crippen molar-refractivity contribution in [2.75, 3.05) is 4.90 Å². The van der Waals surface area contributed by atoms with Gasteiger partial charge in [0.2, 0.25) is 0 Å². The van der Waals surface area contributed by atoms with Crippen LogP contribution in [0.5, 0.6) is 11.5 Å². The van der Waals surface area contributed by atoms with Crippen molar-refractivity contribution in [3.05, 3.63) is 156 Å². The standard InChI is InChI=1S/C43H32N2O/c1-27-23-28(2)43(29(3)24-27)45-38-17-8-7-15-34(38)37-25-32(20-22-39(37)45)44(31-13-5-4-6-14-31)33-19-21-35-36-16-9-11-30-12-10-18-40(42(30)36)46-41(35)26-33/h4-26H,1-3H3. The molecule has 0 fully saturated rings. The summed E-state index contributed by atoms with van der Waals surface area (Å²) in [7, 11) is 0. The quantitative estimate of drug-likeness (QED) is 0.202. The maximum atomic E-state index is 6.59. The normalized spacial score (nSPS) is 12.0. The van der Waals surface area contributed by atoms with Gasteiger partial charge in [-0.3, -0.25) is 0 Å². The fraction of sp³-hybridized carbons (Fsp3) is 0.0698. The SMILES string of the molecule is Cc1cc(C)c(-n2c3ccccc3c3cc(N(c4ccccc4)c4ccc5c(c4)Oc4cccc6cccc-5c46)ccc32)c(C)c1. The monoisotopic (exact) mass is 592 g/mol. The lowest BCUT2D eigenvalue weighted by molar-refractivity contribution is 0.487. The topological polar surface area (TPSA) is 17.4 Å². The Morgan fingerprint density at radius 2 is 1.20 bits per heavy atom. The van der Waals surface area contributed by atoms with Gasteiger partial charge in [0.1, 0.15) is 11.5 Å². The number of aryl methyl sites for hydroxylation is 3. The molecule has 0 radical (unpaired) electrons. The lowest BCUT2D eigenvalue weighted by Gasteiger charge is -2.28. The third-order valence-electron chi connectivity index (χ3n) is 9.39. The average Bonchev–Trinajstić information content (AvgIpc) is 3.39. The molecule has 1 aromatic heterocycles. The fourth-order valence-electron chi connectivity index (χ4n) is 7.58. The lowest BCUT2D eigenvalue weighted by Crippen LogP contribution is -2.10. The second kappa shape index (κ2) is 10.1. The molecule has 3 nitrogen and oxygen atoms in total. The number of rotatable bonds is 4. The number of anilines is 3. The maximum absolute atomic E-state index is 6.59. The van der Waals surface area contributed by atoms with Crippen LogP contribution in [0.15, 0.2) is 140 Å². The molecule has 2 heterocycles. The summed E-state index contributed by atoms with van der Waals surface area (Å²) in [6.45, 7) is 6.61. The smallest absolute Gasteiger partial charge is 0.137 e. The Kier molecular flexibility index (Phi) is 5.85. The molecule has 9 rings (SSSR count). The van der Waals surface area contributed by atoms with Gasteiger partial charge in [-0.2, -0.15) is 0 Å². The predicted molar refractivity (Wildman–Crippen MR) is 193 cm³/mol. The first kappa shape index (κ1) is 26.6. The third kappa shape index (κ3) is 3.98. The molecule has 8 aromatic rings. The molecule has 0 spiro atoms. The zero-order valence-electron chi connectivity index (χ0n) is 26.1. The summed E-state index contributed by atoms with van der Waals surface area (Å²) in [4.78, 5) is 2.33. The van der Waals surface area contributed by atoms with E-state index in [1.165, 1.54) is 60.5 Å². The predicted octanol–water partition coefficient (Wildman–Crippen LogP) is 12.1. The van der Waals surface area contributed by atoms with Gasteiger partial charge < -0.3 is 14.2 Å². The minimum atomic E-state index is 0.868. The van der Waals surface area contributed by atoms with E-state index in [0.717, 1.165) is 34.1 Å². The molecule has 0 saturated carbocycles. The molecular formula is C43H32N2O. The Hall–Kier alpha value is -5.80. The zero-order chi connectivity index (χ0) is 30.9. The number of fused-ring (bicyclic) bond motifs is 5. The first-order valence-electron chi connectivity index (χ1n) is 15.9. The Morgan fingerprint density at radius 3 is 2.02 bits per heavy atom. The van der Waals surface area contributed by atoms with Crippen molar-refractivity contribution in [3.8, 4) is 28.3 Å². The van der Waals surface area contributed by atoms with Crippen LogP contribution in [-0.4, -0.2) is 4.57 Å². The van der Waals surface area contributed by atoms with Crippen molar-refractivity contribution in [3.63, 3.8) is 0 Å². The summed E-state index contributed by atoms with van der Waals surface area (Å²) in [5, 5.41) is 4.83. The van der Waals surface area contributed by atoms with Crippen molar-refractivity contribution < 1.29 is 4.74 Å². The second-order valence-electron chi connectivity index (χ2n) is 12.4. The van der Waals surface area contributed by atoms with Crippen molar-refractivity contribution in [1.29, 1.82) is 0 Å². The molecule has 3 heteroatoms. The van der Waals surface area contributed by atoms with Gasteiger partial charge in [-0.1, -0.05) is 84.4 Å². The van der Waals surface area contributed by atoms with Gasteiger partial charge in [0.25, 0.3) is 0 Å². The van der Waals surface area contributed by atoms with Crippen LogP contribution < -0.4 is 9.64 Å². The van der Waals surface area contributed by atoms with Crippen LogP contribution in [-0.2, 0) is 0 Å². The minimum Gasteiger partial charge on any atom is -0.456 e. The van der Waals surface area contributed by atoms with Crippen LogP contribution in [0.2, 0.25) is 0 Å². The van der Waals surface area contributed by atoms with E-state index in [4.69, 9.17) is 4.74 Å². The van der Waals surface area contributed by atoms with Gasteiger partial charge in [0, 0.05) is 44.9 Å². The summed E-state index contributed by atoms with van der Waals surface area (Å²) < 4.78 is 9.03. The lowest BCUT2D eigenvalue weighted by atomic mass is 9.94. The van der Waals surface area contributed by atoms with E-state index in [9.17, 15) is 0 Å². The summed E-state index contributed by atoms with van der Waals surface area (Å²) in [6, 6.07) is 50.2. The molecule has 0 saturated heterocycles. The van der Waals surface area contributed by atoms with Crippen molar-refractivity contribution >= 4 is 49.6 Å².